The molecular weight excluding hydrogens is 736 g/mol. The number of aromatic nitrogens is 4. The van der Waals surface area contributed by atoms with Crippen LogP contribution in [0.2, 0.25) is 0 Å². The maximum Gasteiger partial charge on any atom is 2.00 e. The van der Waals surface area contributed by atoms with Crippen LogP contribution in [0.15, 0.2) is 78.5 Å². The second-order valence-electron chi connectivity index (χ2n) is 12.3. The van der Waals surface area contributed by atoms with Gasteiger partial charge in [0.05, 0.1) is 5.69 Å². The molecule has 6 heteroatoms. The van der Waals surface area contributed by atoms with Gasteiger partial charge in [-0.15, -0.1) is 35.7 Å². The number of para-hydroxylation sites is 1. The van der Waals surface area contributed by atoms with Crippen LogP contribution in [0.1, 0.15) is 67.6 Å². The first-order valence-corrected chi connectivity index (χ1v) is 15.7. The first-order valence-electron chi connectivity index (χ1n) is 15.7. The normalized spacial score (nSPS) is 16.5. The molecule has 2 atom stereocenters. The Balaban J connectivity index is 0.00000357. The number of nitrogens with zero attached hydrogens (tertiary/aromatic N) is 4. The molecule has 1 unspecified atom stereocenters. The predicted octanol–water partition coefficient (Wildman–Crippen LogP) is 9.70. The summed E-state index contributed by atoms with van der Waals surface area (Å²) in [5.74, 6) is 3.14. The van der Waals surface area contributed by atoms with Crippen molar-refractivity contribution in [3.05, 3.63) is 119 Å². The van der Waals surface area contributed by atoms with Gasteiger partial charge in [0.2, 0.25) is 0 Å². The van der Waals surface area contributed by atoms with Crippen LogP contribution in [0.25, 0.3) is 33.3 Å². The fourth-order valence-electron chi connectivity index (χ4n) is 7.12. The number of pyridine rings is 1. The van der Waals surface area contributed by atoms with E-state index in [9.17, 15) is 0 Å². The zero-order valence-electron chi connectivity index (χ0n) is 26.7. The Bertz CT molecular complexity index is 2070. The van der Waals surface area contributed by atoms with Crippen molar-refractivity contribution in [3.8, 4) is 23.0 Å². The van der Waals surface area contributed by atoms with Crippen molar-refractivity contribution in [2.24, 2.45) is 5.92 Å². The molecule has 0 amide bonds. The van der Waals surface area contributed by atoms with Crippen LogP contribution in [0.5, 0.6) is 11.5 Å². The second-order valence-corrected chi connectivity index (χ2v) is 12.3. The molecular formula is C39H38N4OPt. The molecule has 0 saturated heterocycles. The fraction of sp³-hybridized carbons (Fsp3) is 0.282. The zero-order chi connectivity index (χ0) is 30.5. The first-order chi connectivity index (χ1) is 21.3. The molecule has 3 aromatic heterocycles. The van der Waals surface area contributed by atoms with Gasteiger partial charge >= 0.3 is 21.1 Å². The van der Waals surface area contributed by atoms with Crippen molar-refractivity contribution in [2.45, 2.75) is 66.7 Å². The van der Waals surface area contributed by atoms with Gasteiger partial charge in [0, 0.05) is 40.4 Å². The standard InChI is InChI=1S/C39H38N4O.Pt/c1-7-34-39(38-26(4)11-10-12-27(38)5)28(6)41-43(34)29-19-25(3)20-31(22-29)44-30-15-16-33-32-13-8-9-14-35(32)42(36(33)23-30)37-21-24(2)17-18-40-37;/h8-9,11,13-21,27,38H,7,10,12H2,1-6H3;/q-2;+2/t27-,38?;/m0./s1. The molecule has 230 valence electrons. The summed E-state index contributed by atoms with van der Waals surface area (Å²) in [6.45, 7) is 13.2. The van der Waals surface area contributed by atoms with Crippen LogP contribution < -0.4 is 4.74 Å². The third-order valence-corrected chi connectivity index (χ3v) is 9.11. The Hall–Kier alpha value is -3.95. The summed E-state index contributed by atoms with van der Waals surface area (Å²) in [7, 11) is 0. The van der Waals surface area contributed by atoms with E-state index in [1.54, 1.807) is 0 Å². The number of benzene rings is 3. The Kier molecular flexibility index (Phi) is 8.59. The van der Waals surface area contributed by atoms with Crippen LogP contribution in [0, 0.1) is 38.8 Å². The Morgan fingerprint density at radius 2 is 1.73 bits per heavy atom. The molecule has 0 bridgehead atoms. The van der Waals surface area contributed by atoms with E-state index in [1.165, 1.54) is 23.3 Å². The Labute approximate surface area is 280 Å². The molecule has 1 aliphatic carbocycles. The average Bonchev–Trinajstić information content (AvgIpc) is 3.51. The topological polar surface area (TPSA) is 44.9 Å². The van der Waals surface area contributed by atoms with Gasteiger partial charge in [-0.2, -0.15) is 16.7 Å². The molecule has 6 aromatic rings. The molecule has 0 radical (unpaired) electrons. The summed E-state index contributed by atoms with van der Waals surface area (Å²) in [5.41, 5.74) is 10.4. The number of fused-ring (bicyclic) bond motifs is 3. The zero-order valence-corrected chi connectivity index (χ0v) is 29.0. The maximum atomic E-state index is 6.51. The van der Waals surface area contributed by atoms with E-state index in [-0.39, 0.29) is 21.1 Å². The summed E-state index contributed by atoms with van der Waals surface area (Å²) in [6.07, 6.45) is 7.54. The SMILES string of the molecule is CCc1c(C2C(C)=CCC[C@@H]2C)c(C)nn1-c1[c-]c(Oc2[c-]c3c(cc2)c2ccccc2n3-c2cc(C)ccn2)cc(C)c1.[Pt+2]. The first kappa shape index (κ1) is 31.0. The summed E-state index contributed by atoms with van der Waals surface area (Å²) in [6, 6.07) is 27.9. The van der Waals surface area contributed by atoms with Gasteiger partial charge in [-0.25, -0.2) is 4.98 Å². The number of hydrogen-bond acceptors (Lipinski definition) is 3. The maximum absolute atomic E-state index is 6.51. The minimum Gasteiger partial charge on any atom is -0.509 e. The molecule has 0 fully saturated rings. The molecule has 3 heterocycles. The van der Waals surface area contributed by atoms with Crippen LogP contribution in [0.4, 0.5) is 0 Å². The number of aryl methyl sites for hydroxylation is 3. The van der Waals surface area contributed by atoms with Gasteiger partial charge < -0.3 is 9.30 Å². The smallest absolute Gasteiger partial charge is 0.509 e. The number of ether oxygens (including phenoxy) is 1. The Morgan fingerprint density at radius 1 is 0.911 bits per heavy atom. The second kappa shape index (κ2) is 12.4. The van der Waals surface area contributed by atoms with Crippen LogP contribution in [-0.2, 0) is 27.5 Å². The molecule has 0 N–H and O–H groups in total. The minimum atomic E-state index is 0. The molecule has 45 heavy (non-hydrogen) atoms. The van der Waals surface area contributed by atoms with E-state index < -0.39 is 0 Å². The molecule has 5 nitrogen and oxygen atoms in total. The number of allylic oxidation sites excluding steroid dienone is 2. The van der Waals surface area contributed by atoms with Crippen molar-refractivity contribution in [1.29, 1.82) is 0 Å². The molecule has 7 rings (SSSR count). The summed E-state index contributed by atoms with van der Waals surface area (Å²) < 4.78 is 10.8. The van der Waals surface area contributed by atoms with Crippen molar-refractivity contribution in [3.63, 3.8) is 0 Å². The third kappa shape index (κ3) is 5.57. The van der Waals surface area contributed by atoms with E-state index >= 15 is 0 Å². The average molecular weight is 774 g/mol. The molecule has 0 spiro atoms. The van der Waals surface area contributed by atoms with E-state index in [0.717, 1.165) is 63.0 Å². The van der Waals surface area contributed by atoms with Crippen molar-refractivity contribution in [1.82, 2.24) is 19.3 Å². The Morgan fingerprint density at radius 3 is 2.51 bits per heavy atom. The van der Waals surface area contributed by atoms with Crippen LogP contribution >= 0.6 is 0 Å². The monoisotopic (exact) mass is 773 g/mol. The number of rotatable bonds is 6. The van der Waals surface area contributed by atoms with E-state index in [0.29, 0.717) is 23.3 Å². The predicted molar refractivity (Wildman–Crippen MR) is 178 cm³/mol. The van der Waals surface area contributed by atoms with E-state index in [4.69, 9.17) is 14.8 Å². The molecule has 0 aliphatic heterocycles. The fourth-order valence-corrected chi connectivity index (χ4v) is 7.12. The van der Waals surface area contributed by atoms with Gasteiger partial charge in [-0.05, 0) is 80.8 Å². The molecule has 1 aliphatic rings. The van der Waals surface area contributed by atoms with Crippen molar-refractivity contribution >= 4 is 21.8 Å². The quantitative estimate of drug-likeness (QED) is 0.125. The third-order valence-electron chi connectivity index (χ3n) is 9.11. The van der Waals surface area contributed by atoms with Gasteiger partial charge in [0.25, 0.3) is 0 Å². The van der Waals surface area contributed by atoms with Crippen molar-refractivity contribution in [2.75, 3.05) is 0 Å². The molecule has 0 saturated carbocycles. The van der Waals surface area contributed by atoms with Gasteiger partial charge in [-0.1, -0.05) is 56.1 Å². The summed E-state index contributed by atoms with van der Waals surface area (Å²) >= 11 is 0. The summed E-state index contributed by atoms with van der Waals surface area (Å²) in [4.78, 5) is 4.70. The van der Waals surface area contributed by atoms with Crippen molar-refractivity contribution < 1.29 is 25.8 Å². The largest absolute Gasteiger partial charge is 2.00 e. The van der Waals surface area contributed by atoms with Gasteiger partial charge in [-0.3, -0.25) is 4.68 Å². The number of hydrogen-bond donors (Lipinski definition) is 0. The van der Waals surface area contributed by atoms with Crippen LogP contribution in [0.3, 0.4) is 0 Å². The minimum absolute atomic E-state index is 0. The van der Waals surface area contributed by atoms with Gasteiger partial charge in [0.1, 0.15) is 5.82 Å². The van der Waals surface area contributed by atoms with E-state index in [1.807, 2.05) is 24.4 Å². The summed E-state index contributed by atoms with van der Waals surface area (Å²) in [5, 5.41) is 7.36. The van der Waals surface area contributed by atoms with E-state index in [2.05, 4.69) is 111 Å². The van der Waals surface area contributed by atoms with Crippen LogP contribution in [-0.4, -0.2) is 19.3 Å². The molecule has 3 aromatic carbocycles. The van der Waals surface area contributed by atoms with Gasteiger partial charge in [0.15, 0.2) is 0 Å².